The third-order valence-electron chi connectivity index (χ3n) is 2.77. The van der Waals surface area contributed by atoms with Gasteiger partial charge in [0.1, 0.15) is 0 Å². The van der Waals surface area contributed by atoms with Crippen LogP contribution in [-0.4, -0.2) is 25.2 Å². The number of methoxy groups -OCH3 is 2. The van der Waals surface area contributed by atoms with Gasteiger partial charge < -0.3 is 14.8 Å². The second-order valence-electron chi connectivity index (χ2n) is 4.09. The maximum Gasteiger partial charge on any atom is 0.337 e. The minimum absolute atomic E-state index is 0.342. The van der Waals surface area contributed by atoms with Crippen molar-refractivity contribution in [2.75, 3.05) is 19.5 Å². The van der Waals surface area contributed by atoms with E-state index in [-0.39, 0.29) is 5.97 Å². The van der Waals surface area contributed by atoms with Crippen molar-refractivity contribution >= 4 is 11.7 Å². The quantitative estimate of drug-likeness (QED) is 0.847. The molecule has 2 aromatic rings. The molecule has 5 nitrogen and oxygen atoms in total. The van der Waals surface area contributed by atoms with E-state index < -0.39 is 0 Å². The molecule has 104 valence electrons. The van der Waals surface area contributed by atoms with Gasteiger partial charge >= 0.3 is 5.97 Å². The van der Waals surface area contributed by atoms with Crippen molar-refractivity contribution in [3.05, 3.63) is 53.7 Å². The zero-order valence-electron chi connectivity index (χ0n) is 11.4. The predicted octanol–water partition coefficient (Wildman–Crippen LogP) is 2.49. The molecule has 0 amide bonds. The Kier molecular flexibility index (Phi) is 4.55. The number of hydrogen-bond donors (Lipinski definition) is 1. The smallest absolute Gasteiger partial charge is 0.337 e. The van der Waals surface area contributed by atoms with E-state index in [2.05, 4.69) is 15.0 Å². The highest BCUT2D eigenvalue weighted by atomic mass is 16.5. The van der Waals surface area contributed by atoms with Gasteiger partial charge in [-0.1, -0.05) is 6.07 Å². The molecule has 0 spiro atoms. The van der Waals surface area contributed by atoms with Crippen molar-refractivity contribution in [2.24, 2.45) is 0 Å². The van der Waals surface area contributed by atoms with Gasteiger partial charge in [-0.25, -0.2) is 9.78 Å². The van der Waals surface area contributed by atoms with Gasteiger partial charge in [-0.3, -0.25) is 0 Å². The number of anilines is 1. The summed E-state index contributed by atoms with van der Waals surface area (Å²) in [5, 5.41) is 3.23. The summed E-state index contributed by atoms with van der Waals surface area (Å²) in [5.74, 6) is 0.247. The summed E-state index contributed by atoms with van der Waals surface area (Å²) in [6.07, 6.45) is 0. The molecule has 0 aliphatic carbocycles. The third kappa shape index (κ3) is 3.47. The summed E-state index contributed by atoms with van der Waals surface area (Å²) in [6, 6.07) is 12.7. The number of nitrogens with zero attached hydrogens (tertiary/aromatic N) is 1. The van der Waals surface area contributed by atoms with Crippen molar-refractivity contribution in [3.63, 3.8) is 0 Å². The fraction of sp³-hybridized carbons (Fsp3) is 0.200. The van der Waals surface area contributed by atoms with E-state index in [1.54, 1.807) is 25.3 Å². The Bertz CT molecular complexity index is 582. The largest absolute Gasteiger partial charge is 0.481 e. The molecule has 1 heterocycles. The van der Waals surface area contributed by atoms with Crippen LogP contribution in [0.15, 0.2) is 42.5 Å². The van der Waals surface area contributed by atoms with E-state index in [1.807, 2.05) is 24.3 Å². The molecule has 0 radical (unpaired) electrons. The fourth-order valence-electron chi connectivity index (χ4n) is 1.70. The first-order valence-corrected chi connectivity index (χ1v) is 6.15. The van der Waals surface area contributed by atoms with Crippen LogP contribution >= 0.6 is 0 Å². The number of benzene rings is 1. The van der Waals surface area contributed by atoms with Crippen molar-refractivity contribution in [1.29, 1.82) is 0 Å². The van der Waals surface area contributed by atoms with Crippen molar-refractivity contribution < 1.29 is 14.3 Å². The van der Waals surface area contributed by atoms with Crippen LogP contribution in [0.4, 0.5) is 5.69 Å². The van der Waals surface area contributed by atoms with E-state index in [9.17, 15) is 4.79 Å². The lowest BCUT2D eigenvalue weighted by Crippen LogP contribution is -2.04. The summed E-state index contributed by atoms with van der Waals surface area (Å²) < 4.78 is 9.72. The van der Waals surface area contributed by atoms with Crippen LogP contribution in [0.3, 0.4) is 0 Å². The minimum atomic E-state index is -0.342. The van der Waals surface area contributed by atoms with Crippen molar-refractivity contribution in [2.45, 2.75) is 6.54 Å². The zero-order chi connectivity index (χ0) is 14.4. The van der Waals surface area contributed by atoms with Crippen LogP contribution in [-0.2, 0) is 11.3 Å². The number of rotatable bonds is 5. The molecule has 1 aromatic carbocycles. The van der Waals surface area contributed by atoms with Gasteiger partial charge in [0, 0.05) is 11.8 Å². The first-order valence-electron chi connectivity index (χ1n) is 6.15. The fourth-order valence-corrected chi connectivity index (χ4v) is 1.70. The molecule has 1 N–H and O–H groups in total. The van der Waals surface area contributed by atoms with E-state index in [0.717, 1.165) is 11.4 Å². The molecule has 0 saturated heterocycles. The zero-order valence-corrected chi connectivity index (χ0v) is 11.4. The number of carbonyl (C=O) groups is 1. The summed E-state index contributed by atoms with van der Waals surface area (Å²) in [7, 11) is 2.95. The lowest BCUT2D eigenvalue weighted by molar-refractivity contribution is 0.0601. The number of nitrogens with one attached hydrogen (secondary N) is 1. The molecule has 5 heteroatoms. The second kappa shape index (κ2) is 6.56. The monoisotopic (exact) mass is 272 g/mol. The molecule has 20 heavy (non-hydrogen) atoms. The Morgan fingerprint density at radius 1 is 1.15 bits per heavy atom. The Morgan fingerprint density at radius 2 is 1.90 bits per heavy atom. The first-order chi connectivity index (χ1) is 9.72. The number of ether oxygens (including phenoxy) is 2. The van der Waals surface area contributed by atoms with Crippen LogP contribution in [0.5, 0.6) is 5.88 Å². The number of esters is 1. The molecule has 0 fully saturated rings. The normalized spacial score (nSPS) is 9.90. The first kappa shape index (κ1) is 13.9. The number of carbonyl (C=O) groups excluding carboxylic acids is 1. The average Bonchev–Trinajstić information content (AvgIpc) is 2.53. The number of aromatic nitrogens is 1. The highest BCUT2D eigenvalue weighted by Gasteiger charge is 2.04. The molecule has 0 aliphatic rings. The van der Waals surface area contributed by atoms with Crippen LogP contribution in [0.2, 0.25) is 0 Å². The molecule has 0 atom stereocenters. The van der Waals surface area contributed by atoms with Crippen LogP contribution in [0.25, 0.3) is 0 Å². The molecule has 1 aromatic heterocycles. The van der Waals surface area contributed by atoms with E-state index in [4.69, 9.17) is 4.74 Å². The lowest BCUT2D eigenvalue weighted by Gasteiger charge is -2.07. The van der Waals surface area contributed by atoms with Crippen LogP contribution < -0.4 is 10.1 Å². The van der Waals surface area contributed by atoms with Gasteiger partial charge in [0.15, 0.2) is 0 Å². The molecule has 0 unspecified atom stereocenters. The second-order valence-corrected chi connectivity index (χ2v) is 4.09. The summed E-state index contributed by atoms with van der Waals surface area (Å²) >= 11 is 0. The molecular formula is C15H16N2O3. The lowest BCUT2D eigenvalue weighted by atomic mass is 10.2. The minimum Gasteiger partial charge on any atom is -0.481 e. The summed E-state index contributed by atoms with van der Waals surface area (Å²) in [5.41, 5.74) is 2.31. The Balaban J connectivity index is 1.98. The maximum atomic E-state index is 11.3. The molecule has 0 saturated carbocycles. The van der Waals surface area contributed by atoms with E-state index >= 15 is 0 Å². The SMILES string of the molecule is COC(=O)c1ccc(NCc2cccc(OC)n2)cc1. The number of pyridine rings is 1. The van der Waals surface area contributed by atoms with Gasteiger partial charge in [-0.2, -0.15) is 0 Å². The molecule has 0 aliphatic heterocycles. The highest BCUT2D eigenvalue weighted by Crippen LogP contribution is 2.12. The van der Waals surface area contributed by atoms with E-state index in [0.29, 0.717) is 18.0 Å². The predicted molar refractivity (Wildman–Crippen MR) is 75.9 cm³/mol. The molecule has 0 bridgehead atoms. The standard InChI is InChI=1S/C15H16N2O3/c1-19-14-5-3-4-13(17-14)10-16-12-8-6-11(7-9-12)15(18)20-2/h3-9,16H,10H2,1-2H3. The summed E-state index contributed by atoms with van der Waals surface area (Å²) in [6.45, 7) is 0.578. The van der Waals surface area contributed by atoms with Gasteiger partial charge in [0.2, 0.25) is 5.88 Å². The Morgan fingerprint density at radius 3 is 2.55 bits per heavy atom. The molecule has 2 rings (SSSR count). The van der Waals surface area contributed by atoms with Gasteiger partial charge in [-0.15, -0.1) is 0 Å². The summed E-state index contributed by atoms with van der Waals surface area (Å²) in [4.78, 5) is 15.6. The van der Waals surface area contributed by atoms with E-state index in [1.165, 1.54) is 7.11 Å². The van der Waals surface area contributed by atoms with Crippen LogP contribution in [0.1, 0.15) is 16.1 Å². The Labute approximate surface area is 117 Å². The van der Waals surface area contributed by atoms with Gasteiger partial charge in [0.05, 0.1) is 32.0 Å². The van der Waals surface area contributed by atoms with Crippen molar-refractivity contribution in [1.82, 2.24) is 4.98 Å². The van der Waals surface area contributed by atoms with Gasteiger partial charge in [-0.05, 0) is 30.3 Å². The third-order valence-corrected chi connectivity index (χ3v) is 2.77. The van der Waals surface area contributed by atoms with Crippen LogP contribution in [0, 0.1) is 0 Å². The maximum absolute atomic E-state index is 11.3. The molecular weight excluding hydrogens is 256 g/mol. The topological polar surface area (TPSA) is 60.5 Å². The van der Waals surface area contributed by atoms with Gasteiger partial charge in [0.25, 0.3) is 0 Å². The highest BCUT2D eigenvalue weighted by molar-refractivity contribution is 5.89. The Hall–Kier alpha value is -2.56. The number of hydrogen-bond acceptors (Lipinski definition) is 5. The van der Waals surface area contributed by atoms with Crippen molar-refractivity contribution in [3.8, 4) is 5.88 Å². The average molecular weight is 272 g/mol.